The lowest BCUT2D eigenvalue weighted by molar-refractivity contribution is -0.161. The number of esters is 2. The number of allylic oxidation sites excluding steroid dienone is 6. The summed E-state index contributed by atoms with van der Waals surface area (Å²) in [6.07, 6.45) is 40.5. The Labute approximate surface area is 266 Å². The summed E-state index contributed by atoms with van der Waals surface area (Å²) in [5, 5.41) is 9.51. The highest BCUT2D eigenvalue weighted by Gasteiger charge is 2.16. The molecule has 0 aromatic rings. The van der Waals surface area contributed by atoms with E-state index < -0.39 is 6.10 Å². The topological polar surface area (TPSA) is 72.8 Å². The van der Waals surface area contributed by atoms with Crippen LogP contribution in [0.2, 0.25) is 0 Å². The molecule has 0 aromatic carbocycles. The number of aliphatic hydroxyl groups is 1. The summed E-state index contributed by atoms with van der Waals surface area (Å²) < 4.78 is 10.6. The van der Waals surface area contributed by atoms with E-state index in [1.54, 1.807) is 0 Å². The van der Waals surface area contributed by atoms with Gasteiger partial charge < -0.3 is 14.6 Å². The summed E-state index contributed by atoms with van der Waals surface area (Å²) in [5.41, 5.74) is 0. The van der Waals surface area contributed by atoms with Gasteiger partial charge in [-0.2, -0.15) is 0 Å². The van der Waals surface area contributed by atoms with E-state index in [1.807, 2.05) is 0 Å². The quantitative estimate of drug-likeness (QED) is 0.0470. The van der Waals surface area contributed by atoms with Crippen molar-refractivity contribution in [2.75, 3.05) is 13.2 Å². The molecule has 250 valence electrons. The molecule has 43 heavy (non-hydrogen) atoms. The summed E-state index contributed by atoms with van der Waals surface area (Å²) in [6, 6.07) is 0. The van der Waals surface area contributed by atoms with Gasteiger partial charge in [-0.15, -0.1) is 0 Å². The molecule has 0 fully saturated rings. The van der Waals surface area contributed by atoms with Crippen LogP contribution in [0, 0.1) is 0 Å². The van der Waals surface area contributed by atoms with Crippen LogP contribution in [-0.2, 0) is 19.1 Å². The first-order valence-corrected chi connectivity index (χ1v) is 18.0. The minimum atomic E-state index is -0.778. The Kier molecular flexibility index (Phi) is 33.1. The molecule has 0 saturated carbocycles. The Balaban J connectivity index is 3.62. The molecule has 0 aliphatic heterocycles. The molecule has 1 N–H and O–H groups in total. The summed E-state index contributed by atoms with van der Waals surface area (Å²) >= 11 is 0. The van der Waals surface area contributed by atoms with Gasteiger partial charge in [-0.25, -0.2) is 0 Å². The van der Waals surface area contributed by atoms with Gasteiger partial charge in [0.15, 0.2) is 6.10 Å². The molecule has 0 aliphatic carbocycles. The van der Waals surface area contributed by atoms with Gasteiger partial charge in [-0.1, -0.05) is 147 Å². The van der Waals surface area contributed by atoms with Gasteiger partial charge in [-0.05, 0) is 51.4 Å². The van der Waals surface area contributed by atoms with Crippen LogP contribution in [0.5, 0.6) is 0 Å². The highest BCUT2D eigenvalue weighted by atomic mass is 16.6. The zero-order valence-corrected chi connectivity index (χ0v) is 28.2. The van der Waals surface area contributed by atoms with Crippen LogP contribution in [0.15, 0.2) is 36.5 Å². The fourth-order valence-electron chi connectivity index (χ4n) is 4.91. The second kappa shape index (κ2) is 34.6. The zero-order chi connectivity index (χ0) is 31.5. The molecular formula is C38H68O5. The number of unbranched alkanes of at least 4 members (excludes halogenated alkanes) is 18. The number of rotatable bonds is 32. The largest absolute Gasteiger partial charge is 0.462 e. The standard InChI is InChI=1S/C38H68O5/c1-3-5-7-9-11-13-15-17-18-19-20-21-23-25-27-29-31-33-38(41)43-36(34-39)35-42-37(40)32-30-28-26-24-22-16-14-12-10-8-6-4-2/h11,13,17-18,20-21,36,39H,3-10,12,14-16,19,22-35H2,1-2H3. The van der Waals surface area contributed by atoms with Crippen molar-refractivity contribution in [2.45, 2.75) is 180 Å². The van der Waals surface area contributed by atoms with Gasteiger partial charge in [0.05, 0.1) is 6.61 Å². The Morgan fingerprint density at radius 3 is 1.44 bits per heavy atom. The molecule has 0 rings (SSSR count). The lowest BCUT2D eigenvalue weighted by atomic mass is 10.0. The fourth-order valence-corrected chi connectivity index (χ4v) is 4.91. The second-order valence-electron chi connectivity index (χ2n) is 12.0. The first-order valence-electron chi connectivity index (χ1n) is 18.0. The minimum Gasteiger partial charge on any atom is -0.462 e. The van der Waals surface area contributed by atoms with Gasteiger partial charge >= 0.3 is 11.9 Å². The third-order valence-corrected chi connectivity index (χ3v) is 7.69. The number of aliphatic hydroxyl groups excluding tert-OH is 1. The van der Waals surface area contributed by atoms with E-state index in [4.69, 9.17) is 9.47 Å². The van der Waals surface area contributed by atoms with Crippen LogP contribution in [0.3, 0.4) is 0 Å². The van der Waals surface area contributed by atoms with Gasteiger partial charge in [0.2, 0.25) is 0 Å². The Bertz CT molecular complexity index is 696. The van der Waals surface area contributed by atoms with Crippen LogP contribution in [0.1, 0.15) is 174 Å². The number of hydrogen-bond acceptors (Lipinski definition) is 5. The number of hydrogen-bond donors (Lipinski definition) is 1. The second-order valence-corrected chi connectivity index (χ2v) is 12.0. The molecule has 0 saturated heterocycles. The van der Waals surface area contributed by atoms with Crippen molar-refractivity contribution in [2.24, 2.45) is 0 Å². The number of carbonyl (C=O) groups excluding carboxylic acids is 2. The molecule has 5 heteroatoms. The average Bonchev–Trinajstić information content (AvgIpc) is 3.01. The Hall–Kier alpha value is -1.88. The smallest absolute Gasteiger partial charge is 0.306 e. The molecular weight excluding hydrogens is 536 g/mol. The lowest BCUT2D eigenvalue weighted by Gasteiger charge is -2.15. The number of carbonyl (C=O) groups is 2. The molecule has 1 unspecified atom stereocenters. The highest BCUT2D eigenvalue weighted by molar-refractivity contribution is 5.70. The van der Waals surface area contributed by atoms with Crippen LogP contribution in [-0.4, -0.2) is 36.4 Å². The molecule has 0 spiro atoms. The summed E-state index contributed by atoms with van der Waals surface area (Å²) in [5.74, 6) is -0.615. The maximum atomic E-state index is 12.1. The summed E-state index contributed by atoms with van der Waals surface area (Å²) in [6.45, 7) is 4.08. The molecule has 0 radical (unpaired) electrons. The monoisotopic (exact) mass is 605 g/mol. The Morgan fingerprint density at radius 2 is 0.930 bits per heavy atom. The minimum absolute atomic E-state index is 0.0728. The van der Waals surface area contributed by atoms with E-state index in [2.05, 4.69) is 50.3 Å². The zero-order valence-electron chi connectivity index (χ0n) is 28.2. The maximum Gasteiger partial charge on any atom is 0.306 e. The molecule has 0 bridgehead atoms. The van der Waals surface area contributed by atoms with Crippen LogP contribution < -0.4 is 0 Å². The van der Waals surface area contributed by atoms with Crippen molar-refractivity contribution >= 4 is 11.9 Å². The maximum absolute atomic E-state index is 12.1. The van der Waals surface area contributed by atoms with Crippen LogP contribution in [0.25, 0.3) is 0 Å². The normalized spacial score (nSPS) is 12.5. The molecule has 0 amide bonds. The molecule has 5 nitrogen and oxygen atoms in total. The molecule has 0 heterocycles. The Morgan fingerprint density at radius 1 is 0.535 bits per heavy atom. The van der Waals surface area contributed by atoms with Crippen molar-refractivity contribution in [3.05, 3.63) is 36.5 Å². The summed E-state index contributed by atoms with van der Waals surface area (Å²) in [7, 11) is 0. The van der Waals surface area contributed by atoms with E-state index >= 15 is 0 Å². The van der Waals surface area contributed by atoms with E-state index in [0.29, 0.717) is 12.8 Å². The van der Waals surface area contributed by atoms with Crippen molar-refractivity contribution in [3.8, 4) is 0 Å². The molecule has 1 atom stereocenters. The third-order valence-electron chi connectivity index (χ3n) is 7.69. The van der Waals surface area contributed by atoms with E-state index in [1.165, 1.54) is 83.5 Å². The van der Waals surface area contributed by atoms with Crippen molar-refractivity contribution < 1.29 is 24.2 Å². The molecule has 0 aromatic heterocycles. The van der Waals surface area contributed by atoms with E-state index in [-0.39, 0.29) is 25.2 Å². The SMILES string of the molecule is CCCCCC=CCC=CCC=CCCCCCCC(=O)OC(CO)COC(=O)CCCCCCCCCCCCCC. The van der Waals surface area contributed by atoms with Gasteiger partial charge in [0.1, 0.15) is 6.61 Å². The predicted molar refractivity (Wildman–Crippen MR) is 182 cm³/mol. The first kappa shape index (κ1) is 41.1. The lowest BCUT2D eigenvalue weighted by Crippen LogP contribution is -2.28. The third kappa shape index (κ3) is 32.9. The van der Waals surface area contributed by atoms with Crippen molar-refractivity contribution in [3.63, 3.8) is 0 Å². The average molecular weight is 605 g/mol. The van der Waals surface area contributed by atoms with Gasteiger partial charge in [-0.3, -0.25) is 9.59 Å². The molecule has 0 aliphatic rings. The van der Waals surface area contributed by atoms with Crippen LogP contribution >= 0.6 is 0 Å². The van der Waals surface area contributed by atoms with Crippen molar-refractivity contribution in [1.82, 2.24) is 0 Å². The van der Waals surface area contributed by atoms with Crippen molar-refractivity contribution in [1.29, 1.82) is 0 Å². The van der Waals surface area contributed by atoms with E-state index in [9.17, 15) is 14.7 Å². The highest BCUT2D eigenvalue weighted by Crippen LogP contribution is 2.13. The summed E-state index contributed by atoms with van der Waals surface area (Å²) in [4.78, 5) is 24.1. The van der Waals surface area contributed by atoms with Gasteiger partial charge in [0.25, 0.3) is 0 Å². The van der Waals surface area contributed by atoms with Crippen LogP contribution in [0.4, 0.5) is 0 Å². The van der Waals surface area contributed by atoms with Gasteiger partial charge in [0, 0.05) is 12.8 Å². The predicted octanol–water partition coefficient (Wildman–Crippen LogP) is 10.9. The van der Waals surface area contributed by atoms with E-state index in [0.717, 1.165) is 64.2 Å². The fraction of sp³-hybridized carbons (Fsp3) is 0.789. The number of ether oxygens (including phenoxy) is 2. The first-order chi connectivity index (χ1) is 21.1.